The lowest BCUT2D eigenvalue weighted by atomic mass is 10.2. The summed E-state index contributed by atoms with van der Waals surface area (Å²) in [7, 11) is 1.83. The minimum atomic E-state index is 0.556. The monoisotopic (exact) mass is 241 g/mol. The van der Waals surface area contributed by atoms with Crippen molar-refractivity contribution in [3.63, 3.8) is 0 Å². The van der Waals surface area contributed by atoms with Gasteiger partial charge in [-0.25, -0.2) is 0 Å². The van der Waals surface area contributed by atoms with Crippen molar-refractivity contribution >= 4 is 11.0 Å². The van der Waals surface area contributed by atoms with Crippen LogP contribution in [0.3, 0.4) is 0 Å². The predicted octanol–water partition coefficient (Wildman–Crippen LogP) is 1.40. The van der Waals surface area contributed by atoms with Gasteiger partial charge in [0.05, 0.1) is 17.6 Å². The minimum Gasteiger partial charge on any atom is -0.338 e. The predicted molar refractivity (Wildman–Crippen MR) is 65.6 cm³/mol. The van der Waals surface area contributed by atoms with E-state index < -0.39 is 0 Å². The number of rotatable bonds is 3. The van der Waals surface area contributed by atoms with Crippen LogP contribution in [0.2, 0.25) is 0 Å². The molecule has 2 heterocycles. The van der Waals surface area contributed by atoms with Crippen LogP contribution in [-0.2, 0) is 6.54 Å². The number of hydrogen-bond donors (Lipinski definition) is 1. The van der Waals surface area contributed by atoms with Gasteiger partial charge in [0.15, 0.2) is 0 Å². The Balaban J connectivity index is 2.02. The van der Waals surface area contributed by atoms with Crippen LogP contribution in [0.4, 0.5) is 0 Å². The summed E-state index contributed by atoms with van der Waals surface area (Å²) < 4.78 is 5.11. The molecule has 0 radical (unpaired) electrons. The summed E-state index contributed by atoms with van der Waals surface area (Å²) >= 11 is 0. The molecule has 0 aliphatic rings. The lowest BCUT2D eigenvalue weighted by Gasteiger charge is -1.97. The highest BCUT2D eigenvalue weighted by atomic mass is 16.5. The fourth-order valence-corrected chi connectivity index (χ4v) is 1.70. The van der Waals surface area contributed by atoms with E-state index in [0.717, 1.165) is 16.6 Å². The molecule has 2 aromatic heterocycles. The maximum atomic E-state index is 5.11. The Morgan fingerprint density at radius 1 is 1.17 bits per heavy atom. The van der Waals surface area contributed by atoms with E-state index in [4.69, 9.17) is 4.52 Å². The van der Waals surface area contributed by atoms with Crippen molar-refractivity contribution in [3.05, 3.63) is 36.5 Å². The second-order valence-corrected chi connectivity index (χ2v) is 3.80. The topological polar surface area (TPSA) is 76.7 Å². The Hall–Kier alpha value is -2.34. The smallest absolute Gasteiger partial charge is 0.240 e. The molecular weight excluding hydrogens is 230 g/mol. The van der Waals surface area contributed by atoms with Gasteiger partial charge in [0.25, 0.3) is 0 Å². The first-order chi connectivity index (χ1) is 8.86. The molecule has 0 spiro atoms. The maximum Gasteiger partial charge on any atom is 0.240 e. The zero-order valence-electron chi connectivity index (χ0n) is 9.79. The van der Waals surface area contributed by atoms with Crippen molar-refractivity contribution in [2.24, 2.45) is 0 Å². The molecule has 0 fully saturated rings. The molecular formula is C12H11N5O. The summed E-state index contributed by atoms with van der Waals surface area (Å²) in [5.74, 6) is 1.12. The molecule has 0 saturated heterocycles. The van der Waals surface area contributed by atoms with Crippen LogP contribution in [0.5, 0.6) is 0 Å². The summed E-state index contributed by atoms with van der Waals surface area (Å²) in [5, 5.41) is 6.90. The van der Waals surface area contributed by atoms with Crippen molar-refractivity contribution in [3.8, 4) is 11.4 Å². The second-order valence-electron chi connectivity index (χ2n) is 3.80. The fraction of sp³-hybridized carbons (Fsp3) is 0.167. The average Bonchev–Trinajstić information content (AvgIpc) is 2.87. The number of nitrogens with zero attached hydrogens (tertiary/aromatic N) is 4. The van der Waals surface area contributed by atoms with Crippen molar-refractivity contribution in [1.82, 2.24) is 25.4 Å². The third-order valence-electron chi connectivity index (χ3n) is 2.52. The van der Waals surface area contributed by atoms with Gasteiger partial charge in [-0.2, -0.15) is 4.98 Å². The van der Waals surface area contributed by atoms with Gasteiger partial charge in [-0.3, -0.25) is 9.97 Å². The molecule has 1 aromatic carbocycles. The van der Waals surface area contributed by atoms with Gasteiger partial charge in [-0.15, -0.1) is 0 Å². The molecule has 18 heavy (non-hydrogen) atoms. The van der Waals surface area contributed by atoms with E-state index >= 15 is 0 Å². The first-order valence-corrected chi connectivity index (χ1v) is 5.55. The van der Waals surface area contributed by atoms with E-state index in [2.05, 4.69) is 25.4 Å². The molecule has 0 amide bonds. The third kappa shape index (κ3) is 1.93. The molecule has 0 aliphatic carbocycles. The van der Waals surface area contributed by atoms with E-state index in [1.165, 1.54) is 0 Å². The highest BCUT2D eigenvalue weighted by Gasteiger charge is 2.08. The Morgan fingerprint density at radius 2 is 2.00 bits per heavy atom. The number of nitrogens with one attached hydrogen (secondary N) is 1. The summed E-state index contributed by atoms with van der Waals surface area (Å²) in [4.78, 5) is 12.8. The number of fused-ring (bicyclic) bond motifs is 1. The minimum absolute atomic E-state index is 0.556. The lowest BCUT2D eigenvalue weighted by molar-refractivity contribution is 0.372. The Bertz CT molecular complexity index is 679. The van der Waals surface area contributed by atoms with Crippen LogP contribution in [0.15, 0.2) is 35.1 Å². The zero-order chi connectivity index (χ0) is 12.4. The number of benzene rings is 1. The van der Waals surface area contributed by atoms with Gasteiger partial charge in [-0.1, -0.05) is 5.16 Å². The van der Waals surface area contributed by atoms with Crippen LogP contribution >= 0.6 is 0 Å². The van der Waals surface area contributed by atoms with Crippen molar-refractivity contribution in [1.29, 1.82) is 0 Å². The lowest BCUT2D eigenvalue weighted by Crippen LogP contribution is -2.04. The summed E-state index contributed by atoms with van der Waals surface area (Å²) in [6, 6.07) is 5.70. The highest BCUT2D eigenvalue weighted by Crippen LogP contribution is 2.19. The van der Waals surface area contributed by atoms with Crippen LogP contribution in [0.1, 0.15) is 5.89 Å². The van der Waals surface area contributed by atoms with Gasteiger partial charge in [0.2, 0.25) is 11.7 Å². The van der Waals surface area contributed by atoms with Crippen LogP contribution in [0, 0.1) is 0 Å². The molecule has 0 unspecified atom stereocenters. The van der Waals surface area contributed by atoms with E-state index in [0.29, 0.717) is 18.3 Å². The molecule has 3 rings (SSSR count). The second kappa shape index (κ2) is 4.50. The van der Waals surface area contributed by atoms with E-state index in [1.807, 2.05) is 25.2 Å². The third-order valence-corrected chi connectivity index (χ3v) is 2.52. The fourth-order valence-electron chi connectivity index (χ4n) is 1.70. The summed E-state index contributed by atoms with van der Waals surface area (Å²) in [6.45, 7) is 0.556. The standard InChI is InChI=1S/C12H11N5O/c1-13-7-11-16-12(17-18-11)8-2-3-9-10(6-8)15-5-4-14-9/h2-6,13H,7H2,1H3. The van der Waals surface area contributed by atoms with Gasteiger partial charge in [0.1, 0.15) is 0 Å². The van der Waals surface area contributed by atoms with E-state index in [1.54, 1.807) is 12.4 Å². The molecule has 0 aliphatic heterocycles. The molecule has 90 valence electrons. The van der Waals surface area contributed by atoms with Gasteiger partial charge in [0, 0.05) is 18.0 Å². The molecule has 6 heteroatoms. The quantitative estimate of drug-likeness (QED) is 0.746. The zero-order valence-corrected chi connectivity index (χ0v) is 9.79. The van der Waals surface area contributed by atoms with E-state index in [9.17, 15) is 0 Å². The molecule has 0 bridgehead atoms. The summed E-state index contributed by atoms with van der Waals surface area (Å²) in [5.41, 5.74) is 2.53. The Labute approximate surface area is 103 Å². The Morgan fingerprint density at radius 3 is 2.83 bits per heavy atom. The van der Waals surface area contributed by atoms with Crippen LogP contribution in [-0.4, -0.2) is 27.2 Å². The van der Waals surface area contributed by atoms with Crippen molar-refractivity contribution in [2.75, 3.05) is 7.05 Å². The molecule has 6 nitrogen and oxygen atoms in total. The number of hydrogen-bond acceptors (Lipinski definition) is 6. The molecule has 1 N–H and O–H groups in total. The summed E-state index contributed by atoms with van der Waals surface area (Å²) in [6.07, 6.45) is 3.33. The molecule has 3 aromatic rings. The van der Waals surface area contributed by atoms with E-state index in [-0.39, 0.29) is 0 Å². The van der Waals surface area contributed by atoms with Crippen LogP contribution < -0.4 is 5.32 Å². The van der Waals surface area contributed by atoms with Crippen molar-refractivity contribution in [2.45, 2.75) is 6.54 Å². The average molecular weight is 241 g/mol. The van der Waals surface area contributed by atoms with Crippen molar-refractivity contribution < 1.29 is 4.52 Å². The van der Waals surface area contributed by atoms with Crippen LogP contribution in [0.25, 0.3) is 22.4 Å². The molecule has 0 saturated carbocycles. The van der Waals surface area contributed by atoms with Gasteiger partial charge >= 0.3 is 0 Å². The maximum absolute atomic E-state index is 5.11. The van der Waals surface area contributed by atoms with Gasteiger partial charge in [-0.05, 0) is 25.2 Å². The van der Waals surface area contributed by atoms with Gasteiger partial charge < -0.3 is 9.84 Å². The first kappa shape index (κ1) is 10.8. The highest BCUT2D eigenvalue weighted by molar-refractivity contribution is 5.79. The number of aromatic nitrogens is 4. The molecule has 0 atom stereocenters. The first-order valence-electron chi connectivity index (χ1n) is 5.55. The largest absolute Gasteiger partial charge is 0.338 e. The normalized spacial score (nSPS) is 10.9. The Kier molecular flexibility index (Phi) is 2.70. The SMILES string of the molecule is CNCc1nc(-c2ccc3nccnc3c2)no1.